The van der Waals surface area contributed by atoms with Crippen LogP contribution in [0.2, 0.25) is 0 Å². The van der Waals surface area contributed by atoms with Crippen LogP contribution in [0.25, 0.3) is 0 Å². The fraction of sp³-hybridized carbons (Fsp3) is 0.733. The molecule has 2 unspecified atom stereocenters. The number of imide groups is 1. The van der Waals surface area contributed by atoms with Crippen molar-refractivity contribution in [3.63, 3.8) is 0 Å². The lowest BCUT2D eigenvalue weighted by Gasteiger charge is -2.23. The van der Waals surface area contributed by atoms with Gasteiger partial charge in [0.15, 0.2) is 0 Å². The SMILES string of the molecule is C=C(CNC(C)(C)C)CN1C(=O)C2CCCC2C1=O. The third-order valence-corrected chi connectivity index (χ3v) is 3.93. The second kappa shape index (κ2) is 5.08. The molecule has 1 heterocycles. The highest BCUT2D eigenvalue weighted by Gasteiger charge is 2.49. The fourth-order valence-electron chi connectivity index (χ4n) is 2.89. The Labute approximate surface area is 115 Å². The lowest BCUT2D eigenvalue weighted by atomic mass is 10.00. The van der Waals surface area contributed by atoms with Gasteiger partial charge >= 0.3 is 0 Å². The maximum absolute atomic E-state index is 12.2. The van der Waals surface area contributed by atoms with E-state index in [0.29, 0.717) is 13.1 Å². The molecule has 1 aliphatic carbocycles. The summed E-state index contributed by atoms with van der Waals surface area (Å²) in [4.78, 5) is 25.8. The normalized spacial score (nSPS) is 27.0. The summed E-state index contributed by atoms with van der Waals surface area (Å²) in [5.41, 5.74) is 0.898. The van der Waals surface area contributed by atoms with Gasteiger partial charge in [-0.2, -0.15) is 0 Å². The topological polar surface area (TPSA) is 49.4 Å². The van der Waals surface area contributed by atoms with Crippen LogP contribution in [0.5, 0.6) is 0 Å². The number of hydrogen-bond acceptors (Lipinski definition) is 3. The third kappa shape index (κ3) is 3.06. The van der Waals surface area contributed by atoms with E-state index in [1.807, 2.05) is 0 Å². The molecule has 2 rings (SSSR count). The molecule has 0 aromatic heterocycles. The predicted molar refractivity (Wildman–Crippen MR) is 74.4 cm³/mol. The van der Waals surface area contributed by atoms with Gasteiger partial charge in [0, 0.05) is 12.1 Å². The molecule has 0 spiro atoms. The van der Waals surface area contributed by atoms with Crippen molar-refractivity contribution in [2.24, 2.45) is 11.8 Å². The Kier molecular flexibility index (Phi) is 3.81. The van der Waals surface area contributed by atoms with Crippen LogP contribution in [0.4, 0.5) is 0 Å². The predicted octanol–water partition coefficient (Wildman–Crippen LogP) is 1.72. The van der Waals surface area contributed by atoms with E-state index in [1.54, 1.807) is 0 Å². The molecule has 0 aromatic carbocycles. The van der Waals surface area contributed by atoms with E-state index in [0.717, 1.165) is 24.8 Å². The van der Waals surface area contributed by atoms with Crippen LogP contribution >= 0.6 is 0 Å². The van der Waals surface area contributed by atoms with Crippen LogP contribution in [0.1, 0.15) is 40.0 Å². The van der Waals surface area contributed by atoms with E-state index >= 15 is 0 Å². The van der Waals surface area contributed by atoms with Crippen molar-refractivity contribution in [3.8, 4) is 0 Å². The number of amides is 2. The Balaban J connectivity index is 1.91. The smallest absolute Gasteiger partial charge is 0.233 e. The minimum atomic E-state index is -0.0455. The van der Waals surface area contributed by atoms with E-state index in [1.165, 1.54) is 4.90 Å². The molecule has 1 saturated carbocycles. The van der Waals surface area contributed by atoms with Gasteiger partial charge in [-0.1, -0.05) is 13.0 Å². The molecule has 4 heteroatoms. The average molecular weight is 264 g/mol. The fourth-order valence-corrected chi connectivity index (χ4v) is 2.89. The number of fused-ring (bicyclic) bond motifs is 1. The van der Waals surface area contributed by atoms with Gasteiger partial charge in [0.05, 0.1) is 18.4 Å². The van der Waals surface area contributed by atoms with Gasteiger partial charge in [0.1, 0.15) is 0 Å². The highest BCUT2D eigenvalue weighted by Crippen LogP contribution is 2.39. The number of nitrogens with one attached hydrogen (secondary N) is 1. The van der Waals surface area contributed by atoms with E-state index in [4.69, 9.17) is 0 Å². The van der Waals surface area contributed by atoms with Gasteiger partial charge in [-0.25, -0.2) is 0 Å². The molecule has 1 aliphatic heterocycles. The zero-order chi connectivity index (χ0) is 14.2. The largest absolute Gasteiger partial charge is 0.308 e. The molecule has 0 bridgehead atoms. The summed E-state index contributed by atoms with van der Waals surface area (Å²) in [6, 6.07) is 0. The van der Waals surface area contributed by atoms with E-state index in [9.17, 15) is 9.59 Å². The summed E-state index contributed by atoms with van der Waals surface area (Å²) in [6.07, 6.45) is 2.75. The third-order valence-electron chi connectivity index (χ3n) is 3.93. The second-order valence-corrected chi connectivity index (χ2v) is 6.76. The van der Waals surface area contributed by atoms with Gasteiger partial charge in [0.25, 0.3) is 0 Å². The number of rotatable bonds is 4. The van der Waals surface area contributed by atoms with Gasteiger partial charge < -0.3 is 5.32 Å². The van der Waals surface area contributed by atoms with E-state index < -0.39 is 0 Å². The highest BCUT2D eigenvalue weighted by atomic mass is 16.2. The molecule has 0 aromatic rings. The Morgan fingerprint density at radius 3 is 2.26 bits per heavy atom. The van der Waals surface area contributed by atoms with Crippen molar-refractivity contribution in [2.75, 3.05) is 13.1 Å². The van der Waals surface area contributed by atoms with Crippen molar-refractivity contribution in [2.45, 2.75) is 45.6 Å². The first kappa shape index (κ1) is 14.3. The standard InChI is InChI=1S/C15H24N2O2/c1-10(8-16-15(2,3)4)9-17-13(18)11-6-5-7-12(11)14(17)19/h11-12,16H,1,5-9H2,2-4H3. The summed E-state index contributed by atoms with van der Waals surface area (Å²) in [5, 5.41) is 3.33. The summed E-state index contributed by atoms with van der Waals surface area (Å²) < 4.78 is 0. The molecule has 0 radical (unpaired) electrons. The maximum atomic E-state index is 12.2. The van der Waals surface area contributed by atoms with Gasteiger partial charge in [0.2, 0.25) is 11.8 Å². The zero-order valence-electron chi connectivity index (χ0n) is 12.2. The molecule has 2 fully saturated rings. The Bertz CT molecular complexity index is 387. The molecule has 19 heavy (non-hydrogen) atoms. The van der Waals surface area contributed by atoms with Crippen molar-refractivity contribution in [1.29, 1.82) is 0 Å². The van der Waals surface area contributed by atoms with Crippen LogP contribution in [-0.4, -0.2) is 35.3 Å². The second-order valence-electron chi connectivity index (χ2n) is 6.76. The van der Waals surface area contributed by atoms with Crippen molar-refractivity contribution in [1.82, 2.24) is 10.2 Å². The highest BCUT2D eigenvalue weighted by molar-refractivity contribution is 6.05. The van der Waals surface area contributed by atoms with Gasteiger partial charge in [-0.15, -0.1) is 0 Å². The molecule has 2 aliphatic rings. The van der Waals surface area contributed by atoms with Crippen LogP contribution < -0.4 is 5.32 Å². The summed E-state index contributed by atoms with van der Waals surface area (Å²) in [5.74, 6) is -0.0550. The monoisotopic (exact) mass is 264 g/mol. The molecule has 1 N–H and O–H groups in total. The average Bonchev–Trinajstić information content (AvgIpc) is 2.86. The minimum Gasteiger partial charge on any atom is -0.308 e. The van der Waals surface area contributed by atoms with Gasteiger partial charge in [-0.05, 0) is 39.2 Å². The first-order valence-corrected chi connectivity index (χ1v) is 7.06. The van der Waals surface area contributed by atoms with Crippen molar-refractivity contribution < 1.29 is 9.59 Å². The number of carbonyl (C=O) groups excluding carboxylic acids is 2. The van der Waals surface area contributed by atoms with Crippen molar-refractivity contribution in [3.05, 3.63) is 12.2 Å². The van der Waals surface area contributed by atoms with E-state index in [-0.39, 0.29) is 29.2 Å². The van der Waals surface area contributed by atoms with Crippen LogP contribution in [0, 0.1) is 11.8 Å². The number of nitrogens with zero attached hydrogens (tertiary/aromatic N) is 1. The number of hydrogen-bond donors (Lipinski definition) is 1. The summed E-state index contributed by atoms with van der Waals surface area (Å²) >= 11 is 0. The molecular weight excluding hydrogens is 240 g/mol. The lowest BCUT2D eigenvalue weighted by molar-refractivity contribution is -0.139. The van der Waals surface area contributed by atoms with Crippen LogP contribution in [0.15, 0.2) is 12.2 Å². The number of carbonyl (C=O) groups is 2. The molecule has 4 nitrogen and oxygen atoms in total. The molecule has 1 saturated heterocycles. The number of likely N-dealkylation sites (tertiary alicyclic amines) is 1. The molecule has 2 amide bonds. The Morgan fingerprint density at radius 2 is 1.79 bits per heavy atom. The Hall–Kier alpha value is -1.16. The Morgan fingerprint density at radius 1 is 1.26 bits per heavy atom. The van der Waals surface area contributed by atoms with Crippen LogP contribution in [0.3, 0.4) is 0 Å². The quantitative estimate of drug-likeness (QED) is 0.621. The summed E-state index contributed by atoms with van der Waals surface area (Å²) in [7, 11) is 0. The maximum Gasteiger partial charge on any atom is 0.233 e. The van der Waals surface area contributed by atoms with Gasteiger partial charge in [-0.3, -0.25) is 14.5 Å². The van der Waals surface area contributed by atoms with Crippen LogP contribution in [-0.2, 0) is 9.59 Å². The lowest BCUT2D eigenvalue weighted by Crippen LogP contribution is -2.40. The first-order valence-electron chi connectivity index (χ1n) is 7.06. The minimum absolute atomic E-state index is 0.0124. The zero-order valence-corrected chi connectivity index (χ0v) is 12.2. The molecule has 106 valence electrons. The van der Waals surface area contributed by atoms with Crippen molar-refractivity contribution >= 4 is 11.8 Å². The molecular formula is C15H24N2O2. The van der Waals surface area contributed by atoms with E-state index in [2.05, 4.69) is 32.7 Å². The summed E-state index contributed by atoms with van der Waals surface area (Å²) in [6.45, 7) is 11.2. The first-order chi connectivity index (χ1) is 8.79. The molecule has 2 atom stereocenters.